The van der Waals surface area contributed by atoms with Crippen molar-refractivity contribution in [1.29, 1.82) is 0 Å². The number of aromatic nitrogens is 3. The summed E-state index contributed by atoms with van der Waals surface area (Å²) in [5.41, 5.74) is 1.27. The third-order valence-corrected chi connectivity index (χ3v) is 8.62. The fourth-order valence-electron chi connectivity index (χ4n) is 6.41. The van der Waals surface area contributed by atoms with Crippen LogP contribution in [-0.2, 0) is 11.3 Å². The van der Waals surface area contributed by atoms with Crippen LogP contribution in [-0.4, -0.2) is 44.9 Å². The van der Waals surface area contributed by atoms with Gasteiger partial charge in [-0.05, 0) is 82.7 Å². The molecule has 2 aliphatic carbocycles. The lowest BCUT2D eigenvalue weighted by Gasteiger charge is -2.31. The summed E-state index contributed by atoms with van der Waals surface area (Å²) >= 11 is 0. The molecule has 0 saturated heterocycles. The number of ether oxygens (including phenoxy) is 1. The summed E-state index contributed by atoms with van der Waals surface area (Å²) in [6.07, 6.45) is 13.0. The highest BCUT2D eigenvalue weighted by Gasteiger charge is 2.28. The highest BCUT2D eigenvalue weighted by Crippen LogP contribution is 2.32. The monoisotopic (exact) mass is 576 g/mol. The molecule has 9 heteroatoms. The Morgan fingerprint density at radius 3 is 2.48 bits per heavy atom. The zero-order valence-corrected chi connectivity index (χ0v) is 25.8. The van der Waals surface area contributed by atoms with Crippen LogP contribution in [0.15, 0.2) is 29.2 Å². The van der Waals surface area contributed by atoms with Gasteiger partial charge in [-0.25, -0.2) is 9.78 Å². The molecular formula is C33H48N6O3. The van der Waals surface area contributed by atoms with E-state index in [1.807, 2.05) is 31.5 Å². The molecule has 2 saturated carbocycles. The number of anilines is 1. The zero-order valence-electron chi connectivity index (χ0n) is 25.8. The first-order chi connectivity index (χ1) is 20.2. The first-order valence-electron chi connectivity index (χ1n) is 16.0. The molecule has 1 aromatic carbocycles. The molecule has 5 rings (SSSR count). The minimum absolute atomic E-state index is 0.00113. The van der Waals surface area contributed by atoms with Gasteiger partial charge < -0.3 is 20.7 Å². The number of nitrogens with zero attached hydrogens (tertiary/aromatic N) is 3. The zero-order chi connectivity index (χ0) is 29.7. The van der Waals surface area contributed by atoms with Gasteiger partial charge in [-0.1, -0.05) is 44.7 Å². The highest BCUT2D eigenvalue weighted by molar-refractivity contribution is 6.04. The summed E-state index contributed by atoms with van der Waals surface area (Å²) in [5.74, 6) is 0.553. The maximum atomic E-state index is 14.3. The van der Waals surface area contributed by atoms with Crippen molar-refractivity contribution in [2.75, 3.05) is 11.9 Å². The first-order valence-corrected chi connectivity index (χ1v) is 16.0. The van der Waals surface area contributed by atoms with E-state index in [-0.39, 0.29) is 23.7 Å². The van der Waals surface area contributed by atoms with Gasteiger partial charge in [0.1, 0.15) is 11.2 Å². The van der Waals surface area contributed by atoms with Crippen LogP contribution >= 0.6 is 0 Å². The molecule has 2 aromatic heterocycles. The van der Waals surface area contributed by atoms with E-state index < -0.39 is 5.60 Å². The van der Waals surface area contributed by atoms with Crippen molar-refractivity contribution >= 4 is 33.8 Å². The lowest BCUT2D eigenvalue weighted by molar-refractivity contribution is 0.0488. The largest absolute Gasteiger partial charge is 0.444 e. The van der Waals surface area contributed by atoms with Crippen LogP contribution in [0.1, 0.15) is 110 Å². The molecule has 1 amide bonds. The molecule has 9 nitrogen and oxygen atoms in total. The molecule has 2 aliphatic rings. The molecular weight excluding hydrogens is 528 g/mol. The summed E-state index contributed by atoms with van der Waals surface area (Å²) in [5, 5.41) is 12.6. The van der Waals surface area contributed by atoms with E-state index in [1.54, 1.807) is 0 Å². The van der Waals surface area contributed by atoms with Gasteiger partial charge >= 0.3 is 6.09 Å². The molecule has 0 atom stereocenters. The van der Waals surface area contributed by atoms with E-state index in [2.05, 4.69) is 46.1 Å². The Balaban J connectivity index is 1.44. The Hall–Kier alpha value is -3.20. The number of hydrogen-bond acceptors (Lipinski definition) is 7. The molecule has 2 fully saturated rings. The molecule has 0 aliphatic heterocycles. The number of nitrogens with one attached hydrogen (secondary N) is 3. The van der Waals surface area contributed by atoms with Gasteiger partial charge in [0.25, 0.3) is 5.56 Å². The number of unbranched alkanes of at least 4 members (excludes halogenated alkanes) is 1. The molecule has 0 spiro atoms. The summed E-state index contributed by atoms with van der Waals surface area (Å²) in [6.45, 7) is 9.30. The average molecular weight is 577 g/mol. The molecule has 228 valence electrons. The standard InChI is InChI=1S/C33H48N6O3/c1-5-6-18-34-31-36-21-28-26-17-12-22(20-35-23-10-8-7-9-11-23)19-27(26)30(40)39(29(28)38-31)25-15-13-24(14-16-25)37-32(41)42-33(2,3)4/h12,17,19,21,23-25,35H,5-11,13-16,18,20H2,1-4H3,(H,37,41)(H,34,36,38). The molecule has 0 bridgehead atoms. The number of pyridine rings is 1. The molecule has 2 heterocycles. The summed E-state index contributed by atoms with van der Waals surface area (Å²) in [7, 11) is 0. The average Bonchev–Trinajstić information content (AvgIpc) is 2.96. The highest BCUT2D eigenvalue weighted by atomic mass is 16.6. The van der Waals surface area contributed by atoms with E-state index in [4.69, 9.17) is 9.72 Å². The quantitative estimate of drug-likeness (QED) is 0.195. The van der Waals surface area contributed by atoms with Crippen molar-refractivity contribution in [3.8, 4) is 0 Å². The van der Waals surface area contributed by atoms with Crippen LogP contribution in [0, 0.1) is 0 Å². The summed E-state index contributed by atoms with van der Waals surface area (Å²) < 4.78 is 7.37. The van der Waals surface area contributed by atoms with Gasteiger partial charge in [0.05, 0.1) is 0 Å². The van der Waals surface area contributed by atoms with Gasteiger partial charge in [0.15, 0.2) is 0 Å². The van der Waals surface area contributed by atoms with E-state index in [1.165, 1.54) is 32.1 Å². The number of benzene rings is 1. The number of carbonyl (C=O) groups is 1. The van der Waals surface area contributed by atoms with Crippen LogP contribution in [0.4, 0.5) is 10.7 Å². The van der Waals surface area contributed by atoms with E-state index in [9.17, 15) is 9.59 Å². The lowest BCUT2D eigenvalue weighted by Crippen LogP contribution is -2.41. The van der Waals surface area contributed by atoms with Crippen molar-refractivity contribution in [3.63, 3.8) is 0 Å². The fourth-order valence-corrected chi connectivity index (χ4v) is 6.41. The Morgan fingerprint density at radius 1 is 1.00 bits per heavy atom. The van der Waals surface area contributed by atoms with Crippen molar-refractivity contribution in [2.24, 2.45) is 0 Å². The van der Waals surface area contributed by atoms with E-state index in [0.717, 1.165) is 73.3 Å². The van der Waals surface area contributed by atoms with Gasteiger partial charge in [0, 0.05) is 48.2 Å². The summed E-state index contributed by atoms with van der Waals surface area (Å²) in [4.78, 5) is 36.2. The third-order valence-electron chi connectivity index (χ3n) is 8.62. The minimum Gasteiger partial charge on any atom is -0.444 e. The Bertz CT molecular complexity index is 1430. The number of alkyl carbamates (subject to hydrolysis) is 1. The van der Waals surface area contributed by atoms with Gasteiger partial charge in [0.2, 0.25) is 5.95 Å². The number of rotatable bonds is 9. The predicted molar refractivity (Wildman–Crippen MR) is 169 cm³/mol. The number of hydrogen-bond donors (Lipinski definition) is 3. The van der Waals surface area contributed by atoms with E-state index in [0.29, 0.717) is 17.6 Å². The topological polar surface area (TPSA) is 110 Å². The molecule has 3 N–H and O–H groups in total. The molecule has 0 radical (unpaired) electrons. The fraction of sp³-hybridized carbons (Fsp3) is 0.636. The van der Waals surface area contributed by atoms with Crippen LogP contribution in [0.2, 0.25) is 0 Å². The Morgan fingerprint density at radius 2 is 1.76 bits per heavy atom. The van der Waals surface area contributed by atoms with Crippen molar-refractivity contribution in [3.05, 3.63) is 40.3 Å². The third kappa shape index (κ3) is 7.41. The number of fused-ring (bicyclic) bond motifs is 3. The number of amides is 1. The van der Waals surface area contributed by atoms with Gasteiger partial charge in [-0.15, -0.1) is 0 Å². The Labute approximate surface area is 249 Å². The van der Waals surface area contributed by atoms with Crippen LogP contribution in [0.5, 0.6) is 0 Å². The maximum absolute atomic E-state index is 14.3. The van der Waals surface area contributed by atoms with Crippen LogP contribution in [0.3, 0.4) is 0 Å². The lowest BCUT2D eigenvalue weighted by atomic mass is 9.90. The molecule has 0 unspecified atom stereocenters. The van der Waals surface area contributed by atoms with Crippen LogP contribution in [0.25, 0.3) is 21.8 Å². The first kappa shape index (κ1) is 30.3. The van der Waals surface area contributed by atoms with Crippen molar-refractivity contribution < 1.29 is 9.53 Å². The minimum atomic E-state index is -0.536. The van der Waals surface area contributed by atoms with Crippen LogP contribution < -0.4 is 21.5 Å². The Kier molecular flexibility index (Phi) is 9.66. The molecule has 42 heavy (non-hydrogen) atoms. The second-order valence-corrected chi connectivity index (χ2v) is 13.1. The van der Waals surface area contributed by atoms with Crippen molar-refractivity contribution in [1.82, 2.24) is 25.2 Å². The number of carbonyl (C=O) groups excluding carboxylic acids is 1. The van der Waals surface area contributed by atoms with E-state index >= 15 is 0 Å². The molecule has 3 aromatic rings. The normalized spacial score (nSPS) is 20.1. The second kappa shape index (κ2) is 13.4. The second-order valence-electron chi connectivity index (χ2n) is 13.1. The van der Waals surface area contributed by atoms with Gasteiger partial charge in [-0.3, -0.25) is 9.36 Å². The predicted octanol–water partition coefficient (Wildman–Crippen LogP) is 6.59. The van der Waals surface area contributed by atoms with Crippen molar-refractivity contribution in [2.45, 2.75) is 129 Å². The summed E-state index contributed by atoms with van der Waals surface area (Å²) in [6, 6.07) is 6.82. The smallest absolute Gasteiger partial charge is 0.407 e. The van der Waals surface area contributed by atoms with Gasteiger partial charge in [-0.2, -0.15) is 4.98 Å². The SMILES string of the molecule is CCCCNc1ncc2c3ccc(CNC4CCCCC4)cc3c(=O)n(C3CCC(NC(=O)OC(C)(C)C)CC3)c2n1. The maximum Gasteiger partial charge on any atom is 0.407 e.